The molecule has 0 unspecified atom stereocenters. The summed E-state index contributed by atoms with van der Waals surface area (Å²) < 4.78 is 11.4. The second kappa shape index (κ2) is 3.96. The zero-order chi connectivity index (χ0) is 13.9. The fourth-order valence-corrected chi connectivity index (χ4v) is 2.46. The van der Waals surface area contributed by atoms with Gasteiger partial charge in [-0.1, -0.05) is 0 Å². The third-order valence-corrected chi connectivity index (χ3v) is 3.84. The van der Waals surface area contributed by atoms with Crippen molar-refractivity contribution < 1.29 is 13.9 Å². The van der Waals surface area contributed by atoms with E-state index in [9.17, 15) is 4.79 Å². The Hall–Kier alpha value is -2.08. The summed E-state index contributed by atoms with van der Waals surface area (Å²) in [5.74, 6) is 1.70. The lowest BCUT2D eigenvalue weighted by Gasteiger charge is -2.17. The zero-order valence-corrected chi connectivity index (χ0v) is 11.1. The maximum absolute atomic E-state index is 12.0. The first-order valence-corrected chi connectivity index (χ1v) is 6.74. The Morgan fingerprint density at radius 2 is 2.20 bits per heavy atom. The molecule has 2 aliphatic rings. The zero-order valence-electron chi connectivity index (χ0n) is 11.1. The van der Waals surface area contributed by atoms with Crippen molar-refractivity contribution in [2.24, 2.45) is 5.73 Å². The summed E-state index contributed by atoms with van der Waals surface area (Å²) in [7, 11) is 1.69. The molecule has 0 saturated heterocycles. The number of nitrogens with zero attached hydrogens (tertiary/aromatic N) is 2. The van der Waals surface area contributed by atoms with Crippen LogP contribution in [0.5, 0.6) is 5.75 Å². The van der Waals surface area contributed by atoms with Crippen molar-refractivity contribution in [2.45, 2.75) is 24.8 Å². The number of rotatable bonds is 1. The molecule has 20 heavy (non-hydrogen) atoms. The lowest BCUT2D eigenvalue weighted by Crippen LogP contribution is -2.43. The Labute approximate surface area is 115 Å². The first-order chi connectivity index (χ1) is 9.63. The summed E-state index contributed by atoms with van der Waals surface area (Å²) in [5, 5.41) is 0. The minimum Gasteiger partial charge on any atom is -0.489 e. The van der Waals surface area contributed by atoms with Gasteiger partial charge < -0.3 is 19.8 Å². The number of fused-ring (bicyclic) bond motifs is 2. The van der Waals surface area contributed by atoms with Gasteiger partial charge in [0.05, 0.1) is 5.69 Å². The van der Waals surface area contributed by atoms with E-state index in [1.165, 1.54) is 4.90 Å². The van der Waals surface area contributed by atoms with Crippen molar-refractivity contribution in [3.63, 3.8) is 0 Å². The highest BCUT2D eigenvalue weighted by Gasteiger charge is 2.31. The predicted molar refractivity (Wildman–Crippen MR) is 72.9 cm³/mol. The van der Waals surface area contributed by atoms with Crippen molar-refractivity contribution in [3.05, 3.63) is 18.0 Å². The predicted octanol–water partition coefficient (Wildman–Crippen LogP) is 1.39. The molecule has 1 aliphatic carbocycles. The number of benzene rings is 1. The third kappa shape index (κ3) is 1.68. The second-order valence-corrected chi connectivity index (χ2v) is 5.43. The van der Waals surface area contributed by atoms with E-state index in [0.717, 1.165) is 24.2 Å². The van der Waals surface area contributed by atoms with Crippen molar-refractivity contribution in [1.29, 1.82) is 0 Å². The fourth-order valence-electron chi connectivity index (χ4n) is 2.46. The second-order valence-electron chi connectivity index (χ2n) is 5.43. The molecule has 1 aromatic carbocycles. The Bertz CT molecular complexity index is 705. The van der Waals surface area contributed by atoms with Crippen molar-refractivity contribution in [2.75, 3.05) is 18.6 Å². The number of hydrogen-bond acceptors (Lipinski definition) is 5. The highest BCUT2D eigenvalue weighted by molar-refractivity contribution is 6.00. The lowest BCUT2D eigenvalue weighted by molar-refractivity contribution is -0.119. The van der Waals surface area contributed by atoms with Crippen molar-refractivity contribution >= 4 is 22.7 Å². The summed E-state index contributed by atoms with van der Waals surface area (Å²) in [5.41, 5.74) is 7.89. The topological polar surface area (TPSA) is 81.6 Å². The molecule has 4 rings (SSSR count). The monoisotopic (exact) mass is 273 g/mol. The summed E-state index contributed by atoms with van der Waals surface area (Å²) in [6, 6.07) is 2.98. The summed E-state index contributed by atoms with van der Waals surface area (Å²) in [4.78, 5) is 18.1. The number of carbonyl (C=O) groups excluding carboxylic acids is 1. The molecule has 0 spiro atoms. The van der Waals surface area contributed by atoms with Gasteiger partial charge in [0, 0.05) is 25.1 Å². The van der Waals surface area contributed by atoms with Gasteiger partial charge in [-0.05, 0) is 12.8 Å². The number of carbonyl (C=O) groups is 1. The minimum absolute atomic E-state index is 0.162. The SMILES string of the molecule is CN1C(=O)[C@@H](N)COc2cc3nc(C4CC4)oc3cc21. The van der Waals surface area contributed by atoms with Gasteiger partial charge in [0.2, 0.25) is 5.91 Å². The molecule has 6 heteroatoms. The van der Waals surface area contributed by atoms with Gasteiger partial charge in [-0.2, -0.15) is 0 Å². The average molecular weight is 273 g/mol. The van der Waals surface area contributed by atoms with E-state index < -0.39 is 6.04 Å². The van der Waals surface area contributed by atoms with Crippen LogP contribution in [-0.2, 0) is 4.79 Å². The van der Waals surface area contributed by atoms with Crippen LogP contribution >= 0.6 is 0 Å². The maximum Gasteiger partial charge on any atom is 0.247 e. The third-order valence-electron chi connectivity index (χ3n) is 3.84. The molecular weight excluding hydrogens is 258 g/mol. The Morgan fingerprint density at radius 1 is 1.40 bits per heavy atom. The molecule has 104 valence electrons. The molecule has 6 nitrogen and oxygen atoms in total. The average Bonchev–Trinajstić information content (AvgIpc) is 3.22. The molecule has 0 bridgehead atoms. The van der Waals surface area contributed by atoms with Crippen molar-refractivity contribution in [1.82, 2.24) is 4.98 Å². The van der Waals surface area contributed by atoms with Gasteiger partial charge in [0.15, 0.2) is 11.5 Å². The molecule has 2 heterocycles. The number of aromatic nitrogens is 1. The van der Waals surface area contributed by atoms with E-state index in [1.54, 1.807) is 13.1 Å². The smallest absolute Gasteiger partial charge is 0.247 e. The number of nitrogens with two attached hydrogens (primary N) is 1. The first kappa shape index (κ1) is 11.7. The first-order valence-electron chi connectivity index (χ1n) is 6.74. The molecule has 1 amide bonds. The lowest BCUT2D eigenvalue weighted by atomic mass is 10.2. The van der Waals surface area contributed by atoms with Crippen LogP contribution in [0.25, 0.3) is 11.1 Å². The quantitative estimate of drug-likeness (QED) is 0.849. The van der Waals surface area contributed by atoms with Crippen LogP contribution in [0.2, 0.25) is 0 Å². The van der Waals surface area contributed by atoms with Crippen LogP contribution in [0.15, 0.2) is 16.5 Å². The fraction of sp³-hybridized carbons (Fsp3) is 0.429. The van der Waals surface area contributed by atoms with E-state index in [-0.39, 0.29) is 12.5 Å². The van der Waals surface area contributed by atoms with Crippen LogP contribution in [0.3, 0.4) is 0 Å². The van der Waals surface area contributed by atoms with Crippen LogP contribution in [-0.4, -0.2) is 30.6 Å². The van der Waals surface area contributed by atoms with E-state index in [1.807, 2.05) is 6.07 Å². The molecule has 1 aromatic heterocycles. The summed E-state index contributed by atoms with van der Waals surface area (Å²) in [6.07, 6.45) is 2.27. The standard InChI is InChI=1S/C14H15N3O3/c1-17-10-5-11-9(16-13(20-11)7-2-3-7)4-12(10)19-6-8(15)14(17)18/h4-5,7-8H,2-3,6,15H2,1H3/t8-/m0/s1. The molecule has 2 N–H and O–H groups in total. The van der Waals surface area contributed by atoms with Crippen LogP contribution in [0, 0.1) is 0 Å². The van der Waals surface area contributed by atoms with E-state index in [0.29, 0.717) is 22.9 Å². The number of amides is 1. The maximum atomic E-state index is 12.0. The molecular formula is C14H15N3O3. The van der Waals surface area contributed by atoms with Crippen LogP contribution in [0.1, 0.15) is 24.7 Å². The van der Waals surface area contributed by atoms with E-state index in [4.69, 9.17) is 14.9 Å². The van der Waals surface area contributed by atoms with Crippen molar-refractivity contribution in [3.8, 4) is 5.75 Å². The van der Waals surface area contributed by atoms with Crippen LogP contribution < -0.4 is 15.4 Å². The Kier molecular flexibility index (Phi) is 2.32. The van der Waals surface area contributed by atoms with Gasteiger partial charge >= 0.3 is 0 Å². The van der Waals surface area contributed by atoms with E-state index >= 15 is 0 Å². The Morgan fingerprint density at radius 3 is 2.95 bits per heavy atom. The normalized spacial score (nSPS) is 22.6. The minimum atomic E-state index is -0.645. The number of hydrogen-bond donors (Lipinski definition) is 1. The molecule has 1 aliphatic heterocycles. The molecule has 1 atom stereocenters. The van der Waals surface area contributed by atoms with E-state index in [2.05, 4.69) is 4.98 Å². The highest BCUT2D eigenvalue weighted by atomic mass is 16.5. The Balaban J connectivity index is 1.85. The van der Waals surface area contributed by atoms with Crippen LogP contribution in [0.4, 0.5) is 5.69 Å². The highest BCUT2D eigenvalue weighted by Crippen LogP contribution is 2.42. The number of likely N-dealkylation sites (N-methyl/N-ethyl adjacent to an activating group) is 1. The number of oxazole rings is 1. The molecule has 1 fully saturated rings. The van der Waals surface area contributed by atoms with Gasteiger partial charge in [0.25, 0.3) is 0 Å². The van der Waals surface area contributed by atoms with Gasteiger partial charge in [-0.3, -0.25) is 4.79 Å². The van der Waals surface area contributed by atoms with Gasteiger partial charge in [-0.25, -0.2) is 4.98 Å². The van der Waals surface area contributed by atoms with Gasteiger partial charge in [-0.15, -0.1) is 0 Å². The summed E-state index contributed by atoms with van der Waals surface area (Å²) >= 11 is 0. The molecule has 2 aromatic rings. The molecule has 0 radical (unpaired) electrons. The number of ether oxygens (including phenoxy) is 1. The summed E-state index contributed by atoms with van der Waals surface area (Å²) in [6.45, 7) is 0.176. The number of anilines is 1. The molecule has 1 saturated carbocycles. The largest absolute Gasteiger partial charge is 0.489 e. The van der Waals surface area contributed by atoms with Gasteiger partial charge in [0.1, 0.15) is 23.9 Å².